The van der Waals surface area contributed by atoms with Crippen LogP contribution in [-0.2, 0) is 21.7 Å². The molecule has 0 saturated carbocycles. The van der Waals surface area contributed by atoms with Crippen LogP contribution in [-0.4, -0.2) is 51.9 Å². The summed E-state index contributed by atoms with van der Waals surface area (Å²) in [6, 6.07) is 28.2. The number of aliphatic hydroxyl groups excluding tert-OH is 1. The van der Waals surface area contributed by atoms with Gasteiger partial charge >= 0.3 is 0 Å². The fourth-order valence-electron chi connectivity index (χ4n) is 7.66. The Morgan fingerprint density at radius 2 is 1.58 bits per heavy atom. The maximum absolute atomic E-state index is 14.8. The number of anilines is 2. The lowest BCUT2D eigenvalue weighted by Gasteiger charge is -2.37. The fraction of sp³-hybridized carbons (Fsp3) is 0.316. The molecule has 4 aromatic carbocycles. The second-order valence-corrected chi connectivity index (χ2v) is 18.2. The van der Waals surface area contributed by atoms with E-state index in [0.29, 0.717) is 35.0 Å². The van der Waals surface area contributed by atoms with Gasteiger partial charge in [0.2, 0.25) is 0 Å². The summed E-state index contributed by atoms with van der Waals surface area (Å²) in [5, 5.41) is 14.8. The number of halogens is 1. The molecule has 1 fully saturated rings. The first-order valence-corrected chi connectivity index (χ1v) is 19.6. The number of carbonyl (C=O) groups excluding carboxylic acids is 2. The first-order chi connectivity index (χ1) is 23.0. The van der Waals surface area contributed by atoms with Gasteiger partial charge in [-0.15, -0.1) is 0 Å². The predicted octanol–water partition coefficient (Wildman–Crippen LogP) is 6.75. The summed E-state index contributed by atoms with van der Waals surface area (Å²) in [4.78, 5) is 29.4. The van der Waals surface area contributed by atoms with Gasteiger partial charge in [-0.3, -0.25) is 9.59 Å². The molecular formula is C38H41ClN2O6Si. The molecule has 4 aromatic rings. The molecule has 2 N–H and O–H groups in total. The van der Waals surface area contributed by atoms with Crippen LogP contribution in [0.4, 0.5) is 11.4 Å². The minimum Gasteiger partial charge on any atom is -0.497 e. The van der Waals surface area contributed by atoms with E-state index >= 15 is 0 Å². The third kappa shape index (κ3) is 5.89. The largest absolute Gasteiger partial charge is 0.497 e. The highest BCUT2D eigenvalue weighted by Gasteiger charge is 2.66. The van der Waals surface area contributed by atoms with Gasteiger partial charge in [-0.25, -0.2) is 0 Å². The van der Waals surface area contributed by atoms with Crippen molar-refractivity contribution >= 4 is 48.1 Å². The number of hydrogen-bond acceptors (Lipinski definition) is 6. The summed E-state index contributed by atoms with van der Waals surface area (Å²) in [7, 11) is 0.951. The zero-order chi connectivity index (χ0) is 34.2. The molecule has 6 rings (SSSR count). The number of ether oxygens (including phenoxy) is 3. The minimum atomic E-state index is -2.29. The van der Waals surface area contributed by atoms with Crippen LogP contribution in [0.1, 0.15) is 34.8 Å². The van der Waals surface area contributed by atoms with E-state index in [9.17, 15) is 14.7 Å². The number of hydrogen-bond donors (Lipinski definition) is 2. The molecule has 4 atom stereocenters. The molecule has 0 radical (unpaired) electrons. The Balaban J connectivity index is 1.29. The molecule has 0 aliphatic carbocycles. The van der Waals surface area contributed by atoms with Crippen LogP contribution in [0, 0.1) is 5.92 Å². The second-order valence-electron chi connectivity index (χ2n) is 13.1. The first kappa shape index (κ1) is 33.7. The summed E-state index contributed by atoms with van der Waals surface area (Å²) in [5.74, 6) is 0.920. The van der Waals surface area contributed by atoms with E-state index in [2.05, 4.69) is 37.5 Å². The SMILES string of the molecule is COc1ccc(C(=O)Nc2ccc(CN3C(=O)[C@@]4(O[C@@H](CCO)[C@H]([Si](C)(C)c5ccc(OC)cc5)[C@H]4C)c4cc(Cl)ccc43)cc2)cc1. The average molecular weight is 685 g/mol. The summed E-state index contributed by atoms with van der Waals surface area (Å²) in [6.07, 6.45) is 0.106. The van der Waals surface area contributed by atoms with E-state index in [-0.39, 0.29) is 36.0 Å². The minimum absolute atomic E-state index is 0.0300. The number of nitrogens with zero attached hydrogens (tertiary/aromatic N) is 1. The number of nitrogens with one attached hydrogen (secondary N) is 1. The third-order valence-electron chi connectivity index (χ3n) is 10.1. The molecule has 2 heterocycles. The number of methoxy groups -OCH3 is 2. The van der Waals surface area contributed by atoms with Crippen molar-refractivity contribution in [1.82, 2.24) is 0 Å². The molecule has 2 aliphatic rings. The van der Waals surface area contributed by atoms with Crippen molar-refractivity contribution in [2.75, 3.05) is 31.0 Å². The van der Waals surface area contributed by atoms with E-state index in [1.165, 1.54) is 5.19 Å². The quantitative estimate of drug-likeness (QED) is 0.179. The van der Waals surface area contributed by atoms with Crippen LogP contribution in [0.25, 0.3) is 0 Å². The Hall–Kier alpha value is -4.15. The number of fused-ring (bicyclic) bond motifs is 2. The van der Waals surface area contributed by atoms with Crippen LogP contribution in [0.2, 0.25) is 23.7 Å². The molecule has 0 aromatic heterocycles. The zero-order valence-corrected chi connectivity index (χ0v) is 29.6. The molecule has 0 unspecified atom stereocenters. The zero-order valence-electron chi connectivity index (χ0n) is 27.8. The Labute approximate surface area is 287 Å². The summed E-state index contributed by atoms with van der Waals surface area (Å²) >= 11 is 6.59. The van der Waals surface area contributed by atoms with Gasteiger partial charge in [-0.2, -0.15) is 0 Å². The van der Waals surface area contributed by atoms with Gasteiger partial charge in [-0.05, 0) is 84.3 Å². The molecule has 2 amide bonds. The highest BCUT2D eigenvalue weighted by atomic mass is 35.5. The van der Waals surface area contributed by atoms with Gasteiger partial charge in [0.1, 0.15) is 11.5 Å². The van der Waals surface area contributed by atoms with Gasteiger partial charge in [0.25, 0.3) is 11.8 Å². The van der Waals surface area contributed by atoms with Gasteiger partial charge in [0.05, 0.1) is 40.6 Å². The fourth-order valence-corrected chi connectivity index (χ4v) is 11.9. The highest BCUT2D eigenvalue weighted by molar-refractivity contribution is 6.91. The summed E-state index contributed by atoms with van der Waals surface area (Å²) in [5.41, 5.74) is 2.37. The molecule has 2 aliphatic heterocycles. The Morgan fingerprint density at radius 3 is 2.19 bits per heavy atom. The van der Waals surface area contributed by atoms with E-state index in [0.717, 1.165) is 22.6 Å². The van der Waals surface area contributed by atoms with Crippen LogP contribution in [0.5, 0.6) is 11.5 Å². The van der Waals surface area contributed by atoms with Gasteiger partial charge in [0, 0.05) is 34.4 Å². The second kappa shape index (κ2) is 13.4. The van der Waals surface area contributed by atoms with Gasteiger partial charge in [0.15, 0.2) is 5.60 Å². The molecular weight excluding hydrogens is 644 g/mol. The summed E-state index contributed by atoms with van der Waals surface area (Å²) < 4.78 is 17.5. The van der Waals surface area contributed by atoms with Crippen molar-refractivity contribution in [2.24, 2.45) is 5.92 Å². The molecule has 8 nitrogen and oxygen atoms in total. The maximum atomic E-state index is 14.8. The molecule has 250 valence electrons. The third-order valence-corrected chi connectivity index (χ3v) is 14.7. The van der Waals surface area contributed by atoms with Crippen molar-refractivity contribution in [2.45, 2.75) is 50.2 Å². The Kier molecular flexibility index (Phi) is 9.41. The molecule has 0 bridgehead atoms. The number of aliphatic hydroxyl groups is 1. The Bertz CT molecular complexity index is 1800. The van der Waals surface area contributed by atoms with E-state index in [1.54, 1.807) is 49.5 Å². The average Bonchev–Trinajstić information content (AvgIpc) is 3.51. The lowest BCUT2D eigenvalue weighted by Crippen LogP contribution is -2.51. The lowest BCUT2D eigenvalue weighted by molar-refractivity contribution is -0.146. The number of rotatable bonds is 10. The normalized spacial score (nSPS) is 21.8. The summed E-state index contributed by atoms with van der Waals surface area (Å²) in [6.45, 7) is 7.01. The van der Waals surface area contributed by atoms with Crippen LogP contribution in [0.3, 0.4) is 0 Å². The molecule has 48 heavy (non-hydrogen) atoms. The number of amides is 2. The number of carbonyl (C=O) groups is 2. The molecule has 1 saturated heterocycles. The van der Waals surface area contributed by atoms with Gasteiger partial charge < -0.3 is 29.5 Å². The maximum Gasteiger partial charge on any atom is 0.264 e. The standard InChI is InChI=1S/C38H41ClN2O6Si/c1-24-35(48(4,5)31-17-15-30(46-3)16-18-31)34(20-21-42)47-38(24)32-22-27(39)10-19-33(32)41(37(38)44)23-25-6-11-28(12-7-25)40-36(43)26-8-13-29(45-2)14-9-26/h6-19,22,24,34-35,42H,20-21,23H2,1-5H3,(H,40,43)/t24-,34+,35-,38+/m1/s1. The lowest BCUT2D eigenvalue weighted by atomic mass is 9.82. The van der Waals surface area contributed by atoms with Crippen molar-refractivity contribution in [1.29, 1.82) is 0 Å². The topological polar surface area (TPSA) is 97.3 Å². The van der Waals surface area contributed by atoms with Crippen molar-refractivity contribution in [3.63, 3.8) is 0 Å². The van der Waals surface area contributed by atoms with Crippen molar-refractivity contribution in [3.8, 4) is 11.5 Å². The predicted molar refractivity (Wildman–Crippen MR) is 191 cm³/mol. The van der Waals surface area contributed by atoms with Crippen molar-refractivity contribution < 1.29 is 28.9 Å². The first-order valence-electron chi connectivity index (χ1n) is 16.1. The van der Waals surface area contributed by atoms with E-state index in [4.69, 9.17) is 25.8 Å². The molecule has 10 heteroatoms. The van der Waals surface area contributed by atoms with E-state index < -0.39 is 13.7 Å². The smallest absolute Gasteiger partial charge is 0.264 e. The monoisotopic (exact) mass is 684 g/mol. The van der Waals surface area contributed by atoms with Crippen LogP contribution in [0.15, 0.2) is 91.0 Å². The molecule has 1 spiro atoms. The van der Waals surface area contributed by atoms with Crippen LogP contribution < -0.4 is 24.9 Å². The highest BCUT2D eigenvalue weighted by Crippen LogP contribution is 2.60. The van der Waals surface area contributed by atoms with Crippen LogP contribution >= 0.6 is 11.6 Å². The Morgan fingerprint density at radius 1 is 0.958 bits per heavy atom. The number of benzene rings is 4. The van der Waals surface area contributed by atoms with Crippen molar-refractivity contribution in [3.05, 3.63) is 113 Å². The van der Waals surface area contributed by atoms with Gasteiger partial charge in [-0.1, -0.05) is 61.1 Å². The van der Waals surface area contributed by atoms with E-state index in [1.807, 2.05) is 48.5 Å².